The van der Waals surface area contributed by atoms with Gasteiger partial charge in [-0.15, -0.1) is 0 Å². The SMILES string of the molecule is CCC(CC)C1(CNCC(C)C)CCCCC1. The summed E-state index contributed by atoms with van der Waals surface area (Å²) in [7, 11) is 0. The zero-order chi connectivity index (χ0) is 12.7. The van der Waals surface area contributed by atoms with E-state index >= 15 is 0 Å². The Morgan fingerprint density at radius 2 is 1.59 bits per heavy atom. The highest BCUT2D eigenvalue weighted by molar-refractivity contribution is 4.90. The standard InChI is InChI=1S/C16H33N/c1-5-15(6-2)16(10-8-7-9-11-16)13-17-12-14(3)4/h14-15,17H,5-13H2,1-4H3. The van der Waals surface area contributed by atoms with Crippen LogP contribution in [0.25, 0.3) is 0 Å². The summed E-state index contributed by atoms with van der Waals surface area (Å²) >= 11 is 0. The van der Waals surface area contributed by atoms with Crippen molar-refractivity contribution in [1.29, 1.82) is 0 Å². The van der Waals surface area contributed by atoms with Crippen molar-refractivity contribution in [3.05, 3.63) is 0 Å². The largest absolute Gasteiger partial charge is 0.316 e. The fraction of sp³-hybridized carbons (Fsp3) is 1.00. The minimum Gasteiger partial charge on any atom is -0.316 e. The molecule has 0 amide bonds. The van der Waals surface area contributed by atoms with Crippen LogP contribution in [-0.2, 0) is 0 Å². The molecule has 0 aromatic rings. The Kier molecular flexibility index (Phi) is 6.54. The van der Waals surface area contributed by atoms with E-state index < -0.39 is 0 Å². The third kappa shape index (κ3) is 4.28. The van der Waals surface area contributed by atoms with Crippen LogP contribution >= 0.6 is 0 Å². The van der Waals surface area contributed by atoms with E-state index in [1.807, 2.05) is 0 Å². The Morgan fingerprint density at radius 3 is 2.06 bits per heavy atom. The van der Waals surface area contributed by atoms with Gasteiger partial charge in [-0.3, -0.25) is 0 Å². The first-order valence-electron chi connectivity index (χ1n) is 7.85. The van der Waals surface area contributed by atoms with Gasteiger partial charge in [0.05, 0.1) is 0 Å². The number of hydrogen-bond acceptors (Lipinski definition) is 1. The average molecular weight is 239 g/mol. The van der Waals surface area contributed by atoms with E-state index in [1.54, 1.807) is 0 Å². The molecule has 0 saturated heterocycles. The Balaban J connectivity index is 2.57. The van der Waals surface area contributed by atoms with Crippen LogP contribution in [0, 0.1) is 17.3 Å². The zero-order valence-electron chi connectivity index (χ0n) is 12.5. The van der Waals surface area contributed by atoms with Crippen molar-refractivity contribution in [3.8, 4) is 0 Å². The van der Waals surface area contributed by atoms with Gasteiger partial charge in [-0.1, -0.05) is 59.8 Å². The summed E-state index contributed by atoms with van der Waals surface area (Å²) in [4.78, 5) is 0. The van der Waals surface area contributed by atoms with E-state index in [1.165, 1.54) is 58.0 Å². The average Bonchev–Trinajstić information content (AvgIpc) is 2.31. The van der Waals surface area contributed by atoms with E-state index in [2.05, 4.69) is 33.0 Å². The molecule has 1 aliphatic rings. The van der Waals surface area contributed by atoms with Crippen molar-refractivity contribution in [1.82, 2.24) is 5.32 Å². The normalized spacial score (nSPS) is 20.1. The monoisotopic (exact) mass is 239 g/mol. The predicted molar refractivity (Wildman–Crippen MR) is 77.3 cm³/mol. The van der Waals surface area contributed by atoms with Gasteiger partial charge >= 0.3 is 0 Å². The van der Waals surface area contributed by atoms with Crippen molar-refractivity contribution in [2.45, 2.75) is 72.6 Å². The van der Waals surface area contributed by atoms with Crippen molar-refractivity contribution in [2.24, 2.45) is 17.3 Å². The minimum atomic E-state index is 0.622. The first-order chi connectivity index (χ1) is 8.14. The van der Waals surface area contributed by atoms with Crippen LogP contribution in [-0.4, -0.2) is 13.1 Å². The van der Waals surface area contributed by atoms with E-state index in [0.29, 0.717) is 5.41 Å². The van der Waals surface area contributed by atoms with Crippen molar-refractivity contribution >= 4 is 0 Å². The van der Waals surface area contributed by atoms with Crippen LogP contribution in [0.15, 0.2) is 0 Å². The summed E-state index contributed by atoms with van der Waals surface area (Å²) in [6, 6.07) is 0. The number of hydrogen-bond donors (Lipinski definition) is 1. The first kappa shape index (κ1) is 15.0. The van der Waals surface area contributed by atoms with Crippen molar-refractivity contribution < 1.29 is 0 Å². The van der Waals surface area contributed by atoms with Gasteiger partial charge in [-0.05, 0) is 36.6 Å². The molecule has 1 heteroatoms. The van der Waals surface area contributed by atoms with Crippen LogP contribution in [0.1, 0.15) is 72.6 Å². The lowest BCUT2D eigenvalue weighted by molar-refractivity contribution is 0.0862. The number of rotatable bonds is 7. The molecule has 0 spiro atoms. The lowest BCUT2D eigenvalue weighted by atomic mass is 9.64. The molecular weight excluding hydrogens is 206 g/mol. The highest BCUT2D eigenvalue weighted by Gasteiger charge is 2.37. The highest BCUT2D eigenvalue weighted by Crippen LogP contribution is 2.44. The molecule has 0 radical (unpaired) electrons. The van der Waals surface area contributed by atoms with E-state index in [-0.39, 0.29) is 0 Å². The topological polar surface area (TPSA) is 12.0 Å². The number of nitrogens with one attached hydrogen (secondary N) is 1. The molecular formula is C16H33N. The molecule has 1 nitrogen and oxygen atoms in total. The van der Waals surface area contributed by atoms with Crippen LogP contribution in [0.2, 0.25) is 0 Å². The molecule has 0 bridgehead atoms. The van der Waals surface area contributed by atoms with Crippen LogP contribution in [0.5, 0.6) is 0 Å². The zero-order valence-corrected chi connectivity index (χ0v) is 12.5. The smallest absolute Gasteiger partial charge is 0.00106 e. The van der Waals surface area contributed by atoms with Crippen molar-refractivity contribution in [2.75, 3.05) is 13.1 Å². The molecule has 1 N–H and O–H groups in total. The summed E-state index contributed by atoms with van der Waals surface area (Å²) in [5.41, 5.74) is 0.622. The molecule has 17 heavy (non-hydrogen) atoms. The maximum absolute atomic E-state index is 3.74. The quantitative estimate of drug-likeness (QED) is 0.683. The second-order valence-electron chi connectivity index (χ2n) is 6.46. The lowest BCUT2D eigenvalue weighted by Crippen LogP contribution is -2.42. The molecule has 0 unspecified atom stereocenters. The minimum absolute atomic E-state index is 0.622. The molecule has 0 aromatic carbocycles. The summed E-state index contributed by atoms with van der Waals surface area (Å²) in [6.45, 7) is 11.8. The van der Waals surface area contributed by atoms with Gasteiger partial charge in [0.25, 0.3) is 0 Å². The van der Waals surface area contributed by atoms with Gasteiger partial charge in [0.1, 0.15) is 0 Å². The van der Waals surface area contributed by atoms with E-state index in [0.717, 1.165) is 11.8 Å². The van der Waals surface area contributed by atoms with Crippen LogP contribution < -0.4 is 5.32 Å². The molecule has 0 heterocycles. The van der Waals surface area contributed by atoms with E-state index in [4.69, 9.17) is 0 Å². The molecule has 1 fully saturated rings. The molecule has 102 valence electrons. The molecule has 1 aliphatic carbocycles. The molecule has 1 saturated carbocycles. The summed E-state index contributed by atoms with van der Waals surface area (Å²) in [6.07, 6.45) is 10.0. The highest BCUT2D eigenvalue weighted by atomic mass is 14.9. The third-order valence-electron chi connectivity index (χ3n) is 4.73. The maximum atomic E-state index is 3.74. The molecule has 0 atom stereocenters. The second kappa shape index (κ2) is 7.41. The summed E-state index contributed by atoms with van der Waals surface area (Å²) < 4.78 is 0. The molecule has 0 aromatic heterocycles. The van der Waals surface area contributed by atoms with Crippen molar-refractivity contribution in [3.63, 3.8) is 0 Å². The van der Waals surface area contributed by atoms with Crippen LogP contribution in [0.4, 0.5) is 0 Å². The first-order valence-corrected chi connectivity index (χ1v) is 7.85. The Bertz CT molecular complexity index is 188. The van der Waals surface area contributed by atoms with Gasteiger partial charge in [-0.2, -0.15) is 0 Å². The second-order valence-corrected chi connectivity index (χ2v) is 6.46. The maximum Gasteiger partial charge on any atom is 0.00106 e. The molecule has 1 rings (SSSR count). The van der Waals surface area contributed by atoms with Gasteiger partial charge in [0.15, 0.2) is 0 Å². The van der Waals surface area contributed by atoms with Gasteiger partial charge < -0.3 is 5.32 Å². The van der Waals surface area contributed by atoms with Crippen LogP contribution in [0.3, 0.4) is 0 Å². The fourth-order valence-corrected chi connectivity index (χ4v) is 3.75. The Labute approximate surface area is 109 Å². The fourth-order valence-electron chi connectivity index (χ4n) is 3.75. The predicted octanol–water partition coefficient (Wildman–Crippen LogP) is 4.62. The Morgan fingerprint density at radius 1 is 1.00 bits per heavy atom. The summed E-state index contributed by atoms with van der Waals surface area (Å²) in [5, 5.41) is 3.74. The van der Waals surface area contributed by atoms with E-state index in [9.17, 15) is 0 Å². The van der Waals surface area contributed by atoms with Gasteiger partial charge in [0, 0.05) is 6.54 Å². The molecule has 0 aliphatic heterocycles. The van der Waals surface area contributed by atoms with Gasteiger partial charge in [-0.25, -0.2) is 0 Å². The summed E-state index contributed by atoms with van der Waals surface area (Å²) in [5.74, 6) is 1.71. The third-order valence-corrected chi connectivity index (χ3v) is 4.73. The Hall–Kier alpha value is -0.0400. The lowest BCUT2D eigenvalue weighted by Gasteiger charge is -2.44. The van der Waals surface area contributed by atoms with Gasteiger partial charge in [0.2, 0.25) is 0 Å².